The van der Waals surface area contributed by atoms with Crippen LogP contribution in [-0.2, 0) is 4.79 Å². The summed E-state index contributed by atoms with van der Waals surface area (Å²) in [6, 6.07) is 15.2. The van der Waals surface area contributed by atoms with Gasteiger partial charge in [0.1, 0.15) is 17.6 Å². The van der Waals surface area contributed by atoms with E-state index in [1.807, 2.05) is 60.1 Å². The fourth-order valence-electron chi connectivity index (χ4n) is 2.77. The Balaban J connectivity index is 1.60. The smallest absolute Gasteiger partial charge is 0.227 e. The average molecular weight is 355 g/mol. The highest BCUT2D eigenvalue weighted by Crippen LogP contribution is 2.27. The topological polar surface area (TPSA) is 62.5 Å². The zero-order chi connectivity index (χ0) is 17.6. The van der Waals surface area contributed by atoms with E-state index in [-0.39, 0.29) is 18.4 Å². The standard InChI is InChI=1S/C20H21NO3S/c1-2-16(14-6-4-3-5-7-14)20(23)21-12-17(22)19-9-8-18(24-19)15-10-11-25-13-15/h3-11,13,16-17,22H,2,12H2,1H3,(H,21,23)/t16-,17+/m1/s1. The first kappa shape index (κ1) is 17.5. The molecule has 0 bridgehead atoms. The second-order valence-electron chi connectivity index (χ2n) is 5.85. The number of nitrogens with one attached hydrogen (secondary N) is 1. The summed E-state index contributed by atoms with van der Waals surface area (Å²) in [6.07, 6.45) is -0.167. The van der Waals surface area contributed by atoms with E-state index < -0.39 is 6.10 Å². The van der Waals surface area contributed by atoms with Crippen molar-refractivity contribution in [1.29, 1.82) is 0 Å². The number of rotatable bonds is 7. The third kappa shape index (κ3) is 4.18. The zero-order valence-electron chi connectivity index (χ0n) is 14.0. The van der Waals surface area contributed by atoms with Crippen molar-refractivity contribution in [2.45, 2.75) is 25.4 Å². The van der Waals surface area contributed by atoms with Gasteiger partial charge in [-0.2, -0.15) is 11.3 Å². The number of amides is 1. The van der Waals surface area contributed by atoms with Crippen LogP contribution in [0.3, 0.4) is 0 Å². The molecular formula is C20H21NO3S. The van der Waals surface area contributed by atoms with Crippen molar-refractivity contribution < 1.29 is 14.3 Å². The molecule has 2 heterocycles. The van der Waals surface area contributed by atoms with Crippen LogP contribution in [0.15, 0.2) is 63.7 Å². The first-order chi connectivity index (χ1) is 12.2. The van der Waals surface area contributed by atoms with Gasteiger partial charge in [-0.3, -0.25) is 4.79 Å². The predicted molar refractivity (Wildman–Crippen MR) is 99.5 cm³/mol. The Hall–Kier alpha value is -2.37. The van der Waals surface area contributed by atoms with E-state index in [1.165, 1.54) is 0 Å². The molecule has 0 aliphatic carbocycles. The lowest BCUT2D eigenvalue weighted by atomic mass is 9.95. The molecule has 3 rings (SSSR count). The Labute approximate surface area is 151 Å². The number of furan rings is 1. The van der Waals surface area contributed by atoms with Crippen LogP contribution >= 0.6 is 11.3 Å². The molecule has 2 atom stereocenters. The summed E-state index contributed by atoms with van der Waals surface area (Å²) in [5.41, 5.74) is 1.97. The van der Waals surface area contributed by atoms with Crippen LogP contribution in [0.4, 0.5) is 0 Å². The van der Waals surface area contributed by atoms with Gasteiger partial charge in [0.25, 0.3) is 0 Å². The van der Waals surface area contributed by atoms with Gasteiger partial charge < -0.3 is 14.8 Å². The van der Waals surface area contributed by atoms with Gasteiger partial charge in [0, 0.05) is 10.9 Å². The summed E-state index contributed by atoms with van der Waals surface area (Å²) in [5.74, 6) is 0.871. The maximum atomic E-state index is 12.5. The van der Waals surface area contributed by atoms with Crippen molar-refractivity contribution in [3.05, 3.63) is 70.6 Å². The molecule has 0 saturated heterocycles. The Bertz CT molecular complexity index is 795. The summed E-state index contributed by atoms with van der Waals surface area (Å²) in [7, 11) is 0. The molecule has 0 saturated carbocycles. The van der Waals surface area contributed by atoms with Crippen LogP contribution in [0.5, 0.6) is 0 Å². The number of carbonyl (C=O) groups is 1. The predicted octanol–water partition coefficient (Wildman–Crippen LogP) is 4.35. The fraction of sp³-hybridized carbons (Fsp3) is 0.250. The van der Waals surface area contributed by atoms with Crippen molar-refractivity contribution in [3.63, 3.8) is 0 Å². The molecule has 4 nitrogen and oxygen atoms in total. The summed E-state index contributed by atoms with van der Waals surface area (Å²) in [6.45, 7) is 2.10. The number of carbonyl (C=O) groups excluding carboxylic acids is 1. The van der Waals surface area contributed by atoms with Crippen LogP contribution in [-0.4, -0.2) is 17.6 Å². The lowest BCUT2D eigenvalue weighted by Crippen LogP contribution is -2.32. The van der Waals surface area contributed by atoms with Gasteiger partial charge in [-0.15, -0.1) is 0 Å². The van der Waals surface area contributed by atoms with Crippen LogP contribution in [0, 0.1) is 0 Å². The molecule has 0 aliphatic rings. The first-order valence-corrected chi connectivity index (χ1v) is 9.26. The normalized spacial score (nSPS) is 13.4. The zero-order valence-corrected chi connectivity index (χ0v) is 14.8. The van der Waals surface area contributed by atoms with Gasteiger partial charge in [0.2, 0.25) is 5.91 Å². The van der Waals surface area contributed by atoms with Crippen molar-refractivity contribution in [2.75, 3.05) is 6.54 Å². The van der Waals surface area contributed by atoms with Gasteiger partial charge in [-0.1, -0.05) is 37.3 Å². The lowest BCUT2D eigenvalue weighted by Gasteiger charge is -2.16. The van der Waals surface area contributed by atoms with E-state index in [0.29, 0.717) is 12.2 Å². The molecule has 0 radical (unpaired) electrons. The van der Waals surface area contributed by atoms with Crippen LogP contribution in [0.2, 0.25) is 0 Å². The van der Waals surface area contributed by atoms with Gasteiger partial charge in [0.05, 0.1) is 12.5 Å². The van der Waals surface area contributed by atoms with Crippen LogP contribution in [0.1, 0.15) is 36.7 Å². The molecule has 0 spiro atoms. The number of hydrogen-bond donors (Lipinski definition) is 2. The van der Waals surface area contributed by atoms with Crippen molar-refractivity contribution in [3.8, 4) is 11.3 Å². The number of hydrogen-bond acceptors (Lipinski definition) is 4. The minimum Gasteiger partial charge on any atom is -0.458 e. The van der Waals surface area contributed by atoms with Crippen LogP contribution in [0.25, 0.3) is 11.3 Å². The average Bonchev–Trinajstić information content (AvgIpc) is 3.32. The molecule has 0 unspecified atom stereocenters. The highest BCUT2D eigenvalue weighted by molar-refractivity contribution is 7.08. The molecule has 1 aromatic carbocycles. The molecule has 1 amide bonds. The molecule has 25 heavy (non-hydrogen) atoms. The first-order valence-electron chi connectivity index (χ1n) is 8.32. The molecule has 0 fully saturated rings. The molecule has 130 valence electrons. The van der Waals surface area contributed by atoms with E-state index in [2.05, 4.69) is 5.32 Å². The molecule has 0 aliphatic heterocycles. The molecule has 2 aromatic heterocycles. The second kappa shape index (κ2) is 8.14. The maximum Gasteiger partial charge on any atom is 0.227 e. The number of aliphatic hydroxyl groups excluding tert-OH is 1. The van der Waals surface area contributed by atoms with Crippen LogP contribution < -0.4 is 5.32 Å². The van der Waals surface area contributed by atoms with Gasteiger partial charge in [-0.25, -0.2) is 0 Å². The minimum absolute atomic E-state index is 0.0858. The van der Waals surface area contributed by atoms with Gasteiger partial charge >= 0.3 is 0 Å². The van der Waals surface area contributed by atoms with Gasteiger partial charge in [0.15, 0.2) is 0 Å². The monoisotopic (exact) mass is 355 g/mol. The molecule has 3 aromatic rings. The van der Waals surface area contributed by atoms with E-state index >= 15 is 0 Å². The highest BCUT2D eigenvalue weighted by atomic mass is 32.1. The van der Waals surface area contributed by atoms with Gasteiger partial charge in [-0.05, 0) is 35.6 Å². The van der Waals surface area contributed by atoms with Crippen molar-refractivity contribution in [1.82, 2.24) is 5.32 Å². The summed E-state index contributed by atoms with van der Waals surface area (Å²) in [5, 5.41) is 17.1. The number of aliphatic hydroxyl groups is 1. The molecule has 2 N–H and O–H groups in total. The Morgan fingerprint density at radius 1 is 1.20 bits per heavy atom. The number of thiophene rings is 1. The van der Waals surface area contributed by atoms with E-state index in [9.17, 15) is 9.90 Å². The Morgan fingerprint density at radius 3 is 2.68 bits per heavy atom. The third-order valence-electron chi connectivity index (χ3n) is 4.16. The van der Waals surface area contributed by atoms with E-state index in [4.69, 9.17) is 4.42 Å². The lowest BCUT2D eigenvalue weighted by molar-refractivity contribution is -0.123. The summed E-state index contributed by atoms with van der Waals surface area (Å²) >= 11 is 1.59. The SMILES string of the molecule is CC[C@@H](C(=O)NC[C@H](O)c1ccc(-c2ccsc2)o1)c1ccccc1. The third-order valence-corrected chi connectivity index (χ3v) is 4.84. The summed E-state index contributed by atoms with van der Waals surface area (Å²) in [4.78, 5) is 12.5. The number of benzene rings is 1. The van der Waals surface area contributed by atoms with Crippen molar-refractivity contribution >= 4 is 17.2 Å². The minimum atomic E-state index is -0.871. The molecule has 5 heteroatoms. The van der Waals surface area contributed by atoms with E-state index in [0.717, 1.165) is 16.9 Å². The maximum absolute atomic E-state index is 12.5. The van der Waals surface area contributed by atoms with Crippen molar-refractivity contribution in [2.24, 2.45) is 0 Å². The second-order valence-corrected chi connectivity index (χ2v) is 6.63. The Morgan fingerprint density at radius 2 is 2.00 bits per heavy atom. The highest BCUT2D eigenvalue weighted by Gasteiger charge is 2.20. The fourth-order valence-corrected chi connectivity index (χ4v) is 3.42. The Kier molecular flexibility index (Phi) is 5.68. The largest absolute Gasteiger partial charge is 0.458 e. The molecular weight excluding hydrogens is 334 g/mol. The quantitative estimate of drug-likeness (QED) is 0.662. The van der Waals surface area contributed by atoms with E-state index in [1.54, 1.807) is 17.4 Å². The summed E-state index contributed by atoms with van der Waals surface area (Å²) < 4.78 is 5.70.